The molecule has 158 valence electrons. The molecule has 0 atom stereocenters. The minimum absolute atomic E-state index is 0. The molecule has 1 saturated heterocycles. The molecule has 2 aliphatic rings. The molecule has 0 spiro atoms. The van der Waals surface area contributed by atoms with Gasteiger partial charge in [-0.05, 0) is 32.0 Å². The molecule has 0 bridgehead atoms. The smallest absolute Gasteiger partial charge is 0.333 e. The Morgan fingerprint density at radius 1 is 1.07 bits per heavy atom. The Morgan fingerprint density at radius 2 is 1.68 bits per heavy atom. The summed E-state index contributed by atoms with van der Waals surface area (Å²) in [6.07, 6.45) is 8.15. The number of ether oxygens (including phenoxy) is 1. The molecule has 1 aliphatic carbocycles. The Hall–Kier alpha value is -1.41. The molecule has 1 aromatic heterocycles. The van der Waals surface area contributed by atoms with Crippen LogP contribution in [-0.2, 0) is 14.3 Å². The molecular formula is C19H30Cl2N4O3. The van der Waals surface area contributed by atoms with Crippen LogP contribution < -0.4 is 10.2 Å². The lowest BCUT2D eigenvalue weighted by atomic mass is 9.82. The van der Waals surface area contributed by atoms with Crippen LogP contribution in [0.2, 0.25) is 0 Å². The molecular weight excluding hydrogens is 403 g/mol. The van der Waals surface area contributed by atoms with E-state index in [9.17, 15) is 9.59 Å². The Morgan fingerprint density at radius 3 is 2.25 bits per heavy atom. The topological polar surface area (TPSA) is 74.8 Å². The molecule has 2 heterocycles. The Kier molecular flexibility index (Phi) is 10.2. The molecule has 1 aromatic rings. The fraction of sp³-hybridized carbons (Fsp3) is 0.632. The number of hydrogen-bond donors (Lipinski definition) is 1. The second-order valence-electron chi connectivity index (χ2n) is 7.12. The normalized spacial score (nSPS) is 19.1. The van der Waals surface area contributed by atoms with Crippen LogP contribution in [0.3, 0.4) is 0 Å². The highest BCUT2D eigenvalue weighted by molar-refractivity contribution is 5.92. The highest BCUT2D eigenvalue weighted by Crippen LogP contribution is 2.29. The number of nitrogens with one attached hydrogen (secondary N) is 1. The first kappa shape index (κ1) is 24.6. The minimum atomic E-state index is -0.687. The van der Waals surface area contributed by atoms with Crippen molar-refractivity contribution in [2.75, 3.05) is 44.7 Å². The zero-order chi connectivity index (χ0) is 18.4. The lowest BCUT2D eigenvalue weighted by molar-refractivity contribution is -0.166. The molecule has 0 aromatic carbocycles. The second kappa shape index (κ2) is 11.6. The summed E-state index contributed by atoms with van der Waals surface area (Å²) < 4.78 is 5.19. The number of nitrogens with zero attached hydrogens (tertiary/aromatic N) is 3. The number of carbonyl (C=O) groups excluding carboxylic acids is 2. The zero-order valence-electron chi connectivity index (χ0n) is 16.3. The number of esters is 2. The summed E-state index contributed by atoms with van der Waals surface area (Å²) in [6.45, 7) is 3.37. The van der Waals surface area contributed by atoms with Gasteiger partial charge in [-0.15, -0.1) is 24.8 Å². The van der Waals surface area contributed by atoms with E-state index in [0.29, 0.717) is 0 Å². The third-order valence-electron chi connectivity index (χ3n) is 5.54. The van der Waals surface area contributed by atoms with Gasteiger partial charge in [0.2, 0.25) is 0 Å². The van der Waals surface area contributed by atoms with Gasteiger partial charge in [-0.25, -0.2) is 4.79 Å². The van der Waals surface area contributed by atoms with Gasteiger partial charge in [0.15, 0.2) is 0 Å². The van der Waals surface area contributed by atoms with Crippen molar-refractivity contribution in [3.63, 3.8) is 0 Å². The van der Waals surface area contributed by atoms with Crippen LogP contribution in [0.25, 0.3) is 0 Å². The molecule has 7 nitrogen and oxygen atoms in total. The van der Waals surface area contributed by atoms with Gasteiger partial charge in [0.1, 0.15) is 5.54 Å². The summed E-state index contributed by atoms with van der Waals surface area (Å²) in [5, 5.41) is 3.10. The quantitative estimate of drug-likeness (QED) is 0.563. The van der Waals surface area contributed by atoms with Crippen LogP contribution in [0.1, 0.15) is 32.1 Å². The maximum Gasteiger partial charge on any atom is 0.333 e. The molecule has 9 heteroatoms. The Balaban J connectivity index is 0.00000196. The lowest BCUT2D eigenvalue weighted by Gasteiger charge is -2.36. The second-order valence-corrected chi connectivity index (χ2v) is 7.12. The van der Waals surface area contributed by atoms with Crippen molar-refractivity contribution in [2.24, 2.45) is 0 Å². The van der Waals surface area contributed by atoms with E-state index in [1.54, 1.807) is 19.4 Å². The summed E-state index contributed by atoms with van der Waals surface area (Å²) in [7, 11) is 1.77. The number of anilines is 1. The molecule has 0 radical (unpaired) electrons. The van der Waals surface area contributed by atoms with E-state index in [0.717, 1.165) is 64.0 Å². The molecule has 28 heavy (non-hydrogen) atoms. The van der Waals surface area contributed by atoms with Gasteiger partial charge in [0.25, 0.3) is 0 Å². The van der Waals surface area contributed by atoms with Gasteiger partial charge in [-0.3, -0.25) is 14.7 Å². The van der Waals surface area contributed by atoms with E-state index >= 15 is 0 Å². The third-order valence-corrected chi connectivity index (χ3v) is 5.54. The first-order valence-electron chi connectivity index (χ1n) is 9.44. The first-order chi connectivity index (χ1) is 12.6. The fourth-order valence-corrected chi connectivity index (χ4v) is 3.85. The van der Waals surface area contributed by atoms with Gasteiger partial charge in [0, 0.05) is 44.3 Å². The average molecular weight is 433 g/mol. The fourth-order valence-electron chi connectivity index (χ4n) is 3.85. The summed E-state index contributed by atoms with van der Waals surface area (Å²) in [5.74, 6) is -0.868. The molecule has 3 rings (SSSR count). The summed E-state index contributed by atoms with van der Waals surface area (Å²) in [4.78, 5) is 33.1. The van der Waals surface area contributed by atoms with Gasteiger partial charge in [-0.2, -0.15) is 0 Å². The summed E-state index contributed by atoms with van der Waals surface area (Å²) in [5.41, 5.74) is 0.458. The van der Waals surface area contributed by atoms with Crippen LogP contribution in [0.4, 0.5) is 5.69 Å². The molecule has 1 aliphatic heterocycles. The maximum absolute atomic E-state index is 12.5. The highest BCUT2D eigenvalue weighted by atomic mass is 35.5. The first-order valence-corrected chi connectivity index (χ1v) is 9.44. The molecule has 0 amide bonds. The maximum atomic E-state index is 12.5. The van der Waals surface area contributed by atoms with E-state index < -0.39 is 17.5 Å². The van der Waals surface area contributed by atoms with Gasteiger partial charge in [-0.1, -0.05) is 19.3 Å². The number of aromatic nitrogens is 1. The highest BCUT2D eigenvalue weighted by Gasteiger charge is 2.40. The van der Waals surface area contributed by atoms with E-state index in [-0.39, 0.29) is 31.4 Å². The van der Waals surface area contributed by atoms with Crippen molar-refractivity contribution in [3.05, 3.63) is 24.5 Å². The monoisotopic (exact) mass is 432 g/mol. The van der Waals surface area contributed by atoms with Crippen LogP contribution >= 0.6 is 24.8 Å². The molecule has 1 saturated carbocycles. The Bertz CT molecular complexity index is 619. The van der Waals surface area contributed by atoms with Crippen LogP contribution in [0, 0.1) is 0 Å². The predicted molar refractivity (Wildman–Crippen MR) is 113 cm³/mol. The molecule has 1 N–H and O–H groups in total. The van der Waals surface area contributed by atoms with Crippen LogP contribution in [0.15, 0.2) is 24.5 Å². The summed E-state index contributed by atoms with van der Waals surface area (Å²) >= 11 is 0. The van der Waals surface area contributed by atoms with Crippen LogP contribution in [0.5, 0.6) is 0 Å². The van der Waals surface area contributed by atoms with Gasteiger partial charge < -0.3 is 15.0 Å². The van der Waals surface area contributed by atoms with Gasteiger partial charge >= 0.3 is 11.9 Å². The van der Waals surface area contributed by atoms with Crippen molar-refractivity contribution in [1.29, 1.82) is 0 Å². The number of halogens is 2. The average Bonchev–Trinajstić information content (AvgIpc) is 2.69. The van der Waals surface area contributed by atoms with Gasteiger partial charge in [0.05, 0.1) is 6.54 Å². The van der Waals surface area contributed by atoms with E-state index in [4.69, 9.17) is 4.74 Å². The lowest BCUT2D eigenvalue weighted by Crippen LogP contribution is -2.54. The van der Waals surface area contributed by atoms with Crippen LogP contribution in [-0.4, -0.2) is 67.1 Å². The summed E-state index contributed by atoms with van der Waals surface area (Å²) in [6, 6.07) is 3.98. The zero-order valence-corrected chi connectivity index (χ0v) is 17.9. The predicted octanol–water partition coefficient (Wildman–Crippen LogP) is 2.04. The van der Waals surface area contributed by atoms with E-state index in [2.05, 4.69) is 15.2 Å². The number of piperazine rings is 1. The molecule has 0 unspecified atom stereocenters. The number of hydrogen-bond acceptors (Lipinski definition) is 7. The van der Waals surface area contributed by atoms with E-state index in [1.165, 1.54) is 0 Å². The van der Waals surface area contributed by atoms with Crippen molar-refractivity contribution in [1.82, 2.24) is 15.2 Å². The molecule has 2 fully saturated rings. The minimum Gasteiger partial charge on any atom is -0.391 e. The van der Waals surface area contributed by atoms with Crippen molar-refractivity contribution < 1.29 is 14.3 Å². The van der Waals surface area contributed by atoms with Crippen molar-refractivity contribution >= 4 is 42.4 Å². The Labute approximate surface area is 179 Å². The number of pyridine rings is 1. The van der Waals surface area contributed by atoms with E-state index in [1.807, 2.05) is 17.0 Å². The SMILES string of the molecule is CNC1(C(=O)OC(=O)CN2CCN(c3ccncc3)CC2)CCCCC1.Cl.Cl. The third kappa shape index (κ3) is 6.04. The van der Waals surface area contributed by atoms with Crippen molar-refractivity contribution in [2.45, 2.75) is 37.6 Å². The van der Waals surface area contributed by atoms with Crippen molar-refractivity contribution in [3.8, 4) is 0 Å². The number of likely N-dealkylation sites (N-methyl/N-ethyl adjacent to an activating group) is 1. The number of carbonyl (C=O) groups is 2. The largest absolute Gasteiger partial charge is 0.391 e. The number of rotatable bonds is 5. The standard InChI is InChI=1S/C19H28N4O3.2ClH/c1-20-19(7-3-2-4-8-19)18(25)26-17(24)15-22-11-13-23(14-12-22)16-5-9-21-10-6-16;;/h5-6,9-10,20H,2-4,7-8,11-15H2,1H3;2*1H.